The molecule has 8 nitrogen and oxygen atoms in total. The average molecular weight is 552 g/mol. The number of nitrogens with one attached hydrogen (secondary N) is 1. The van der Waals surface area contributed by atoms with Crippen LogP contribution < -0.4 is 11.0 Å². The van der Waals surface area contributed by atoms with Crippen LogP contribution in [0.2, 0.25) is 0 Å². The monoisotopic (exact) mass is 551 g/mol. The zero-order valence-electron chi connectivity index (χ0n) is 22.2. The lowest BCUT2D eigenvalue weighted by atomic mass is 9.96. The van der Waals surface area contributed by atoms with E-state index in [1.807, 2.05) is 0 Å². The number of hydrogen-bond acceptors (Lipinski definition) is 6. The molecule has 2 atom stereocenters. The maximum Gasteiger partial charge on any atom is 0.303 e. The summed E-state index contributed by atoms with van der Waals surface area (Å²) in [5, 5.41) is 20.2. The number of fused-ring (bicyclic) bond motifs is 1. The van der Waals surface area contributed by atoms with Crippen LogP contribution in [0, 0.1) is 5.82 Å². The molecule has 0 radical (unpaired) electrons. The zero-order valence-corrected chi connectivity index (χ0v) is 22.2. The lowest BCUT2D eigenvalue weighted by Crippen LogP contribution is -2.27. The summed E-state index contributed by atoms with van der Waals surface area (Å²) in [6, 6.07) is 10.2. The number of carboxylic acid groups (broad SMARTS) is 1. The van der Waals surface area contributed by atoms with Crippen molar-refractivity contribution in [3.63, 3.8) is 0 Å². The van der Waals surface area contributed by atoms with Gasteiger partial charge in [-0.05, 0) is 80.8 Å². The van der Waals surface area contributed by atoms with Gasteiger partial charge in [0.2, 0.25) is 0 Å². The number of allylic oxidation sites excluding steroid dienone is 3. The molecule has 0 aliphatic carbocycles. The van der Waals surface area contributed by atoms with Crippen molar-refractivity contribution in [1.82, 2.24) is 15.0 Å². The first-order valence-electron chi connectivity index (χ1n) is 13.0. The highest BCUT2D eigenvalue weighted by atomic mass is 19.1. The Morgan fingerprint density at radius 1 is 1.23 bits per heavy atom. The van der Waals surface area contributed by atoms with Crippen molar-refractivity contribution >= 4 is 16.9 Å². The van der Waals surface area contributed by atoms with Gasteiger partial charge >= 0.3 is 5.97 Å². The molecule has 0 saturated heterocycles. The molecule has 3 N–H and O–H groups in total. The second-order valence-electron chi connectivity index (χ2n) is 9.80. The van der Waals surface area contributed by atoms with Gasteiger partial charge in [0.05, 0.1) is 22.6 Å². The van der Waals surface area contributed by atoms with Crippen molar-refractivity contribution in [1.29, 1.82) is 0 Å². The fourth-order valence-electron chi connectivity index (χ4n) is 4.42. The second-order valence-corrected chi connectivity index (χ2v) is 9.80. The number of hydrogen-bond donors (Lipinski definition) is 3. The molecule has 3 aromatic rings. The van der Waals surface area contributed by atoms with Gasteiger partial charge in [0.25, 0.3) is 5.56 Å². The zero-order chi connectivity index (χ0) is 28.9. The molecule has 0 bridgehead atoms. The molecule has 0 saturated carbocycles. The van der Waals surface area contributed by atoms with E-state index in [0.717, 1.165) is 5.56 Å². The van der Waals surface area contributed by atoms with Crippen LogP contribution in [0.1, 0.15) is 57.0 Å². The number of aromatic nitrogens is 2. The van der Waals surface area contributed by atoms with Crippen LogP contribution >= 0.6 is 0 Å². The summed E-state index contributed by atoms with van der Waals surface area (Å²) in [6.07, 6.45) is 7.23. The van der Waals surface area contributed by atoms with Crippen molar-refractivity contribution in [2.45, 2.75) is 57.6 Å². The van der Waals surface area contributed by atoms with Crippen LogP contribution in [0.15, 0.2) is 83.1 Å². The van der Waals surface area contributed by atoms with E-state index in [4.69, 9.17) is 14.9 Å². The summed E-state index contributed by atoms with van der Waals surface area (Å²) in [4.78, 5) is 34.8. The van der Waals surface area contributed by atoms with Gasteiger partial charge in [-0.3, -0.25) is 14.2 Å². The molecular formula is C30H31F2N3O5. The first kappa shape index (κ1) is 28.8. The molecule has 210 valence electrons. The summed E-state index contributed by atoms with van der Waals surface area (Å²) < 4.78 is 28.4. The topological polar surface area (TPSA) is 114 Å². The minimum atomic E-state index is -1.38. The summed E-state index contributed by atoms with van der Waals surface area (Å²) >= 11 is 0. The quantitative estimate of drug-likeness (QED) is 0.217. The second kappa shape index (κ2) is 12.4. The first-order chi connectivity index (χ1) is 19.1. The van der Waals surface area contributed by atoms with Gasteiger partial charge in [-0.15, -0.1) is 5.48 Å². The number of carboxylic acids is 1. The van der Waals surface area contributed by atoms with Crippen molar-refractivity contribution in [2.75, 3.05) is 0 Å². The number of halogens is 2. The highest BCUT2D eigenvalue weighted by Gasteiger charge is 2.32. The standard InChI is InChI=1S/C30H31F2N3O5/c1-3-20(31)7-6-16-30(2,39)26-18-24(34-40-26)19-10-15-23-25(17-19)33-27(8-4-5-9-28(36)37)35(29(23)38)22-13-11-21(32)12-14-22/h3,6-7,10-15,17-18,24,34,39H,4-5,8-9,16H2,1-2H3,(H,36,37)/b7-6-,20-3+. The Kier molecular flexibility index (Phi) is 8.91. The maximum atomic E-state index is 13.6. The predicted octanol–water partition coefficient (Wildman–Crippen LogP) is 5.35. The van der Waals surface area contributed by atoms with Crippen molar-refractivity contribution in [3.05, 3.63) is 106 Å². The number of unbranched alkanes of at least 4 members (excludes halogenated alkanes) is 1. The Balaban J connectivity index is 1.66. The van der Waals surface area contributed by atoms with Gasteiger partial charge < -0.3 is 15.1 Å². The largest absolute Gasteiger partial charge is 0.481 e. The summed E-state index contributed by atoms with van der Waals surface area (Å²) in [5.41, 5.74) is 2.79. The number of aliphatic carboxylic acids is 1. The van der Waals surface area contributed by atoms with Crippen LogP contribution in [-0.4, -0.2) is 31.3 Å². The van der Waals surface area contributed by atoms with Crippen molar-refractivity contribution in [2.24, 2.45) is 0 Å². The molecule has 1 aliphatic rings. The number of rotatable bonds is 11. The van der Waals surface area contributed by atoms with Gasteiger partial charge in [-0.25, -0.2) is 13.8 Å². The van der Waals surface area contributed by atoms with Crippen LogP contribution in [0.3, 0.4) is 0 Å². The van der Waals surface area contributed by atoms with Crippen molar-refractivity contribution in [3.8, 4) is 5.69 Å². The number of aryl methyl sites for hydroxylation is 1. The van der Waals surface area contributed by atoms with E-state index in [1.54, 1.807) is 38.1 Å². The Bertz CT molecular complexity index is 1540. The van der Waals surface area contributed by atoms with E-state index in [-0.39, 0.29) is 24.2 Å². The molecule has 40 heavy (non-hydrogen) atoms. The number of benzene rings is 2. The Morgan fingerprint density at radius 2 is 1.98 bits per heavy atom. The number of nitrogens with zero attached hydrogens (tertiary/aromatic N) is 2. The van der Waals surface area contributed by atoms with Gasteiger partial charge in [0.15, 0.2) is 5.76 Å². The van der Waals surface area contributed by atoms with Crippen LogP contribution in [0.5, 0.6) is 0 Å². The highest BCUT2D eigenvalue weighted by Crippen LogP contribution is 2.31. The molecule has 4 rings (SSSR count). The summed E-state index contributed by atoms with van der Waals surface area (Å²) in [5.74, 6) is -1.03. The van der Waals surface area contributed by atoms with E-state index < -0.39 is 29.3 Å². The van der Waals surface area contributed by atoms with E-state index >= 15 is 0 Å². The van der Waals surface area contributed by atoms with E-state index in [9.17, 15) is 23.5 Å². The number of hydroxylamine groups is 1. The van der Waals surface area contributed by atoms with Gasteiger partial charge in [-0.2, -0.15) is 0 Å². The summed E-state index contributed by atoms with van der Waals surface area (Å²) in [6.45, 7) is 3.14. The molecule has 0 spiro atoms. The summed E-state index contributed by atoms with van der Waals surface area (Å²) in [7, 11) is 0. The Morgan fingerprint density at radius 3 is 2.67 bits per heavy atom. The molecule has 1 aromatic heterocycles. The lowest BCUT2D eigenvalue weighted by molar-refractivity contribution is -0.137. The van der Waals surface area contributed by atoms with Gasteiger partial charge in [0.1, 0.15) is 23.1 Å². The molecule has 2 heterocycles. The molecule has 10 heteroatoms. The third-order valence-corrected chi connectivity index (χ3v) is 6.66. The molecule has 2 unspecified atom stereocenters. The number of aliphatic hydroxyl groups is 1. The normalized spacial score (nSPS) is 17.2. The fraction of sp³-hybridized carbons (Fsp3) is 0.300. The molecule has 0 fully saturated rings. The third kappa shape index (κ3) is 6.70. The molecule has 0 amide bonds. The Hall–Kier alpha value is -4.15. The minimum absolute atomic E-state index is 0.00431. The van der Waals surface area contributed by atoms with E-state index in [0.29, 0.717) is 41.7 Å². The van der Waals surface area contributed by atoms with Crippen LogP contribution in [-0.2, 0) is 16.1 Å². The van der Waals surface area contributed by atoms with E-state index in [1.165, 1.54) is 47.1 Å². The van der Waals surface area contributed by atoms with Crippen LogP contribution in [0.25, 0.3) is 16.6 Å². The SMILES string of the molecule is C/C=C(F)\C=C/CC(C)(O)C1=CC(c2ccc3c(=O)n(-c4ccc(F)cc4)c(CCCCC(=O)O)nc3c2)NO1. The average Bonchev–Trinajstić information content (AvgIpc) is 3.43. The fourth-order valence-corrected chi connectivity index (χ4v) is 4.42. The van der Waals surface area contributed by atoms with Gasteiger partial charge in [-0.1, -0.05) is 18.2 Å². The third-order valence-electron chi connectivity index (χ3n) is 6.66. The number of carbonyl (C=O) groups is 1. The molecular weight excluding hydrogens is 520 g/mol. The maximum absolute atomic E-state index is 13.6. The smallest absolute Gasteiger partial charge is 0.303 e. The Labute approximate surface area is 229 Å². The lowest BCUT2D eigenvalue weighted by Gasteiger charge is -2.21. The van der Waals surface area contributed by atoms with Gasteiger partial charge in [0, 0.05) is 19.3 Å². The highest BCUT2D eigenvalue weighted by molar-refractivity contribution is 5.79. The first-order valence-corrected chi connectivity index (χ1v) is 13.0. The van der Waals surface area contributed by atoms with Crippen LogP contribution in [0.4, 0.5) is 8.78 Å². The molecule has 2 aromatic carbocycles. The molecule has 1 aliphatic heterocycles. The van der Waals surface area contributed by atoms with Crippen molar-refractivity contribution < 1.29 is 28.6 Å². The van der Waals surface area contributed by atoms with E-state index in [2.05, 4.69) is 5.48 Å². The predicted molar refractivity (Wildman–Crippen MR) is 147 cm³/mol. The minimum Gasteiger partial charge on any atom is -0.481 e.